The largest absolute Gasteiger partial charge is 0.394 e. The van der Waals surface area contributed by atoms with Crippen molar-refractivity contribution in [1.29, 1.82) is 0 Å². The standard InChI is InChI=1S/C12H14N2O2/c1-8(16-2)14-11-6-4-3-5-9(11)7-10(13)12(14)15/h3-8H,13H2,1-2H3. The molecule has 0 aliphatic rings. The number of pyridine rings is 1. The molecule has 1 atom stereocenters. The Morgan fingerprint density at radius 1 is 1.38 bits per heavy atom. The third kappa shape index (κ3) is 1.57. The maximum Gasteiger partial charge on any atom is 0.276 e. The lowest BCUT2D eigenvalue weighted by atomic mass is 10.2. The lowest BCUT2D eigenvalue weighted by Gasteiger charge is -2.17. The van der Waals surface area contributed by atoms with E-state index in [1.807, 2.05) is 31.2 Å². The van der Waals surface area contributed by atoms with Crippen molar-refractivity contribution in [3.63, 3.8) is 0 Å². The summed E-state index contributed by atoms with van der Waals surface area (Å²) < 4.78 is 6.75. The molecule has 0 spiro atoms. The van der Waals surface area contributed by atoms with Gasteiger partial charge in [0.25, 0.3) is 5.56 Å². The van der Waals surface area contributed by atoms with Crippen molar-refractivity contribution in [2.24, 2.45) is 0 Å². The second-order valence-corrected chi connectivity index (χ2v) is 3.67. The molecule has 4 nitrogen and oxygen atoms in total. The first-order valence-corrected chi connectivity index (χ1v) is 5.07. The van der Waals surface area contributed by atoms with E-state index in [-0.39, 0.29) is 17.5 Å². The smallest absolute Gasteiger partial charge is 0.276 e. The first-order valence-electron chi connectivity index (χ1n) is 5.07. The second-order valence-electron chi connectivity index (χ2n) is 3.67. The van der Waals surface area contributed by atoms with Gasteiger partial charge in [0.15, 0.2) is 0 Å². The summed E-state index contributed by atoms with van der Waals surface area (Å²) in [5.74, 6) is 0. The number of fused-ring (bicyclic) bond motifs is 1. The van der Waals surface area contributed by atoms with Gasteiger partial charge in [-0.3, -0.25) is 9.36 Å². The Balaban J connectivity index is 2.87. The summed E-state index contributed by atoms with van der Waals surface area (Å²) >= 11 is 0. The summed E-state index contributed by atoms with van der Waals surface area (Å²) in [5, 5.41) is 0.934. The Labute approximate surface area is 93.3 Å². The quantitative estimate of drug-likeness (QED) is 0.835. The van der Waals surface area contributed by atoms with E-state index < -0.39 is 0 Å². The molecule has 0 fully saturated rings. The molecule has 1 heterocycles. The van der Waals surface area contributed by atoms with Crippen LogP contribution >= 0.6 is 0 Å². The van der Waals surface area contributed by atoms with Crippen LogP contribution in [0.15, 0.2) is 35.1 Å². The zero-order valence-corrected chi connectivity index (χ0v) is 9.31. The molecule has 0 aliphatic carbocycles. The van der Waals surface area contributed by atoms with Crippen LogP contribution in [0, 0.1) is 0 Å². The predicted octanol–water partition coefficient (Wildman–Crippen LogP) is 1.75. The van der Waals surface area contributed by atoms with E-state index in [1.165, 1.54) is 0 Å². The first-order chi connectivity index (χ1) is 7.65. The Hall–Kier alpha value is -1.81. The average molecular weight is 218 g/mol. The number of anilines is 1. The molecular formula is C12H14N2O2. The van der Waals surface area contributed by atoms with E-state index in [0.29, 0.717) is 0 Å². The van der Waals surface area contributed by atoms with Gasteiger partial charge in [-0.2, -0.15) is 0 Å². The van der Waals surface area contributed by atoms with Gasteiger partial charge in [-0.1, -0.05) is 18.2 Å². The normalized spacial score (nSPS) is 12.9. The van der Waals surface area contributed by atoms with Crippen LogP contribution < -0.4 is 11.3 Å². The highest BCUT2D eigenvalue weighted by Crippen LogP contribution is 2.18. The minimum absolute atomic E-state index is 0.215. The second kappa shape index (κ2) is 3.98. The molecular weight excluding hydrogens is 204 g/mol. The monoisotopic (exact) mass is 218 g/mol. The van der Waals surface area contributed by atoms with Crippen LogP contribution in [-0.2, 0) is 4.74 Å². The summed E-state index contributed by atoms with van der Waals surface area (Å²) in [6, 6.07) is 9.29. The third-order valence-electron chi connectivity index (χ3n) is 2.68. The van der Waals surface area contributed by atoms with Gasteiger partial charge in [0.05, 0.1) is 11.2 Å². The fourth-order valence-electron chi connectivity index (χ4n) is 1.77. The number of para-hydroxylation sites is 1. The van der Waals surface area contributed by atoms with Crippen LogP contribution in [0.1, 0.15) is 13.2 Å². The molecule has 16 heavy (non-hydrogen) atoms. The fourth-order valence-corrected chi connectivity index (χ4v) is 1.77. The molecule has 4 heteroatoms. The highest BCUT2D eigenvalue weighted by Gasteiger charge is 2.11. The molecule has 0 saturated carbocycles. The van der Waals surface area contributed by atoms with Gasteiger partial charge in [0.1, 0.15) is 6.23 Å². The fraction of sp³-hybridized carbons (Fsp3) is 0.250. The van der Waals surface area contributed by atoms with Crippen LogP contribution in [0.4, 0.5) is 5.69 Å². The number of ether oxygens (including phenoxy) is 1. The highest BCUT2D eigenvalue weighted by molar-refractivity contribution is 5.81. The van der Waals surface area contributed by atoms with E-state index in [2.05, 4.69) is 0 Å². The molecule has 0 radical (unpaired) electrons. The molecule has 0 saturated heterocycles. The van der Waals surface area contributed by atoms with Gasteiger partial charge < -0.3 is 10.5 Å². The Morgan fingerprint density at radius 2 is 2.06 bits per heavy atom. The topological polar surface area (TPSA) is 57.2 Å². The van der Waals surface area contributed by atoms with Gasteiger partial charge in [-0.15, -0.1) is 0 Å². The molecule has 0 amide bonds. The Morgan fingerprint density at radius 3 is 2.75 bits per heavy atom. The molecule has 1 aromatic heterocycles. The van der Waals surface area contributed by atoms with Crippen molar-refractivity contribution in [3.8, 4) is 0 Å². The molecule has 0 bridgehead atoms. The highest BCUT2D eigenvalue weighted by atomic mass is 16.5. The molecule has 2 N–H and O–H groups in total. The average Bonchev–Trinajstić information content (AvgIpc) is 2.30. The van der Waals surface area contributed by atoms with Crippen LogP contribution in [0.5, 0.6) is 0 Å². The molecule has 1 aromatic carbocycles. The van der Waals surface area contributed by atoms with Crippen molar-refractivity contribution in [3.05, 3.63) is 40.7 Å². The number of methoxy groups -OCH3 is 1. The number of nitrogens with zero attached hydrogens (tertiary/aromatic N) is 1. The van der Waals surface area contributed by atoms with Crippen molar-refractivity contribution < 1.29 is 4.74 Å². The van der Waals surface area contributed by atoms with E-state index in [9.17, 15) is 4.79 Å². The van der Waals surface area contributed by atoms with E-state index >= 15 is 0 Å². The number of hydrogen-bond donors (Lipinski definition) is 1. The van der Waals surface area contributed by atoms with Crippen molar-refractivity contribution >= 4 is 16.6 Å². The Bertz CT molecular complexity index is 575. The third-order valence-corrected chi connectivity index (χ3v) is 2.68. The molecule has 84 valence electrons. The van der Waals surface area contributed by atoms with Crippen LogP contribution in [0.25, 0.3) is 10.9 Å². The molecule has 2 aromatic rings. The lowest BCUT2D eigenvalue weighted by Crippen LogP contribution is -2.26. The van der Waals surface area contributed by atoms with E-state index in [4.69, 9.17) is 10.5 Å². The van der Waals surface area contributed by atoms with Gasteiger partial charge in [0, 0.05) is 12.5 Å². The van der Waals surface area contributed by atoms with Gasteiger partial charge in [-0.05, 0) is 19.1 Å². The van der Waals surface area contributed by atoms with Crippen molar-refractivity contribution in [1.82, 2.24) is 4.57 Å². The van der Waals surface area contributed by atoms with Gasteiger partial charge >= 0.3 is 0 Å². The first kappa shape index (κ1) is 10.7. The maximum absolute atomic E-state index is 11.9. The van der Waals surface area contributed by atoms with Crippen LogP contribution in [0.3, 0.4) is 0 Å². The van der Waals surface area contributed by atoms with Crippen LogP contribution in [-0.4, -0.2) is 11.7 Å². The molecule has 1 unspecified atom stereocenters. The van der Waals surface area contributed by atoms with Crippen molar-refractivity contribution in [2.45, 2.75) is 13.2 Å². The maximum atomic E-state index is 11.9. The number of nitrogens with two attached hydrogens (primary N) is 1. The molecule has 2 rings (SSSR count). The van der Waals surface area contributed by atoms with Crippen LogP contribution in [0.2, 0.25) is 0 Å². The zero-order valence-electron chi connectivity index (χ0n) is 9.31. The summed E-state index contributed by atoms with van der Waals surface area (Å²) in [5.41, 5.74) is 6.54. The van der Waals surface area contributed by atoms with E-state index in [1.54, 1.807) is 17.7 Å². The number of benzene rings is 1. The number of hydrogen-bond acceptors (Lipinski definition) is 3. The summed E-state index contributed by atoms with van der Waals surface area (Å²) in [6.45, 7) is 1.81. The minimum atomic E-state index is -0.332. The van der Waals surface area contributed by atoms with Gasteiger partial charge in [-0.25, -0.2) is 0 Å². The van der Waals surface area contributed by atoms with Gasteiger partial charge in [0.2, 0.25) is 0 Å². The Kier molecular flexibility index (Phi) is 2.66. The zero-order chi connectivity index (χ0) is 11.7. The van der Waals surface area contributed by atoms with Crippen molar-refractivity contribution in [2.75, 3.05) is 12.8 Å². The molecule has 0 aliphatic heterocycles. The summed E-state index contributed by atoms with van der Waals surface area (Å²) in [6.07, 6.45) is -0.332. The lowest BCUT2D eigenvalue weighted by molar-refractivity contribution is 0.0615. The number of rotatable bonds is 2. The number of nitrogen functional groups attached to an aromatic ring is 1. The summed E-state index contributed by atoms with van der Waals surface area (Å²) in [4.78, 5) is 11.9. The SMILES string of the molecule is COC(C)n1c(=O)c(N)cc2ccccc21. The predicted molar refractivity (Wildman–Crippen MR) is 64.3 cm³/mol. The number of aromatic nitrogens is 1. The van der Waals surface area contributed by atoms with E-state index in [0.717, 1.165) is 10.9 Å². The minimum Gasteiger partial charge on any atom is -0.394 e. The summed E-state index contributed by atoms with van der Waals surface area (Å²) in [7, 11) is 1.56.